The first-order valence-electron chi connectivity index (χ1n) is 6.37. The zero-order valence-electron chi connectivity index (χ0n) is 11.9. The molecule has 0 aliphatic heterocycles. The van der Waals surface area contributed by atoms with Crippen molar-refractivity contribution in [3.05, 3.63) is 40.6 Å². The lowest BCUT2D eigenvalue weighted by molar-refractivity contribution is -0.122. The largest absolute Gasteiger partial charge is 0.484 e. The molecule has 1 amide bonds. The topological polar surface area (TPSA) is 50.7 Å². The summed E-state index contributed by atoms with van der Waals surface area (Å²) in [5, 5.41) is 3.42. The summed E-state index contributed by atoms with van der Waals surface area (Å²) in [6, 6.07) is 6.87. The molecule has 20 heavy (non-hydrogen) atoms. The number of rotatable bonds is 6. The van der Waals surface area contributed by atoms with E-state index >= 15 is 0 Å². The molecule has 0 radical (unpaired) electrons. The monoisotopic (exact) mass is 294 g/mol. The molecule has 1 N–H and O–H groups in total. The summed E-state index contributed by atoms with van der Waals surface area (Å²) in [4.78, 5) is 15.8. The molecule has 0 aliphatic rings. The van der Waals surface area contributed by atoms with Gasteiger partial charge in [0, 0.05) is 18.3 Å². The van der Waals surface area contributed by atoms with Crippen molar-refractivity contribution in [2.24, 2.45) is 4.99 Å². The van der Waals surface area contributed by atoms with E-state index in [-0.39, 0.29) is 12.5 Å². The van der Waals surface area contributed by atoms with E-state index in [1.807, 2.05) is 13.8 Å². The van der Waals surface area contributed by atoms with Crippen LogP contribution in [0.25, 0.3) is 0 Å². The number of benzene rings is 1. The third-order valence-corrected chi connectivity index (χ3v) is 2.96. The van der Waals surface area contributed by atoms with Gasteiger partial charge in [0.15, 0.2) is 6.61 Å². The summed E-state index contributed by atoms with van der Waals surface area (Å²) in [5.74, 6) is 0.383. The average molecular weight is 295 g/mol. The van der Waals surface area contributed by atoms with Crippen LogP contribution < -0.4 is 10.1 Å². The average Bonchev–Trinajstić information content (AvgIpc) is 2.45. The second kappa shape index (κ2) is 8.38. The maximum Gasteiger partial charge on any atom is 0.262 e. The number of aliphatic imine (C=N–C) groups is 1. The molecule has 0 aromatic heterocycles. The van der Waals surface area contributed by atoms with Gasteiger partial charge in [0.1, 0.15) is 5.75 Å². The van der Waals surface area contributed by atoms with E-state index in [4.69, 9.17) is 16.3 Å². The molecule has 0 aliphatic carbocycles. The van der Waals surface area contributed by atoms with Crippen molar-refractivity contribution in [1.29, 1.82) is 0 Å². The fourth-order valence-electron chi connectivity index (χ4n) is 1.43. The number of nitrogens with zero attached hydrogens (tertiary/aromatic N) is 1. The summed E-state index contributed by atoms with van der Waals surface area (Å²) in [6.45, 7) is 3.92. The highest BCUT2D eigenvalue weighted by Gasteiger charge is 2.06. The number of amides is 1. The van der Waals surface area contributed by atoms with Gasteiger partial charge in [-0.1, -0.05) is 18.5 Å². The molecule has 0 atom stereocenters. The second-order valence-electron chi connectivity index (χ2n) is 4.23. The summed E-state index contributed by atoms with van der Waals surface area (Å²) in [5.41, 5.74) is 1.79. The molecular weight excluding hydrogens is 276 g/mol. The Labute approximate surface area is 124 Å². The van der Waals surface area contributed by atoms with Crippen molar-refractivity contribution in [1.82, 2.24) is 5.32 Å². The Morgan fingerprint density at radius 1 is 1.40 bits per heavy atom. The lowest BCUT2D eigenvalue weighted by atomic mass is 10.2. The van der Waals surface area contributed by atoms with Crippen molar-refractivity contribution in [3.63, 3.8) is 0 Å². The summed E-state index contributed by atoms with van der Waals surface area (Å²) in [6.07, 6.45) is 2.48. The molecule has 0 saturated carbocycles. The number of ether oxygens (including phenoxy) is 1. The predicted octanol–water partition coefficient (Wildman–Crippen LogP) is 3.22. The smallest absolute Gasteiger partial charge is 0.262 e. The number of carbonyl (C=O) groups is 1. The van der Waals surface area contributed by atoms with Crippen molar-refractivity contribution >= 4 is 23.7 Å². The molecule has 4 nitrogen and oxygen atoms in total. The van der Waals surface area contributed by atoms with Crippen LogP contribution >= 0.6 is 11.6 Å². The molecular formula is C15H19ClN2O2. The molecule has 1 aromatic carbocycles. The van der Waals surface area contributed by atoms with Crippen LogP contribution in [0.5, 0.6) is 5.75 Å². The number of hydrogen-bond acceptors (Lipinski definition) is 3. The van der Waals surface area contributed by atoms with Crippen molar-refractivity contribution in [2.75, 3.05) is 13.7 Å². The molecule has 1 rings (SSSR count). The second-order valence-corrected chi connectivity index (χ2v) is 4.66. The minimum atomic E-state index is -0.220. The van der Waals surface area contributed by atoms with Crippen LogP contribution in [-0.2, 0) is 4.79 Å². The highest BCUT2D eigenvalue weighted by Crippen LogP contribution is 2.15. The highest BCUT2D eigenvalue weighted by molar-refractivity contribution is 6.30. The maximum atomic E-state index is 11.8. The fourth-order valence-corrected chi connectivity index (χ4v) is 1.56. The Morgan fingerprint density at radius 2 is 2.05 bits per heavy atom. The number of hydrogen-bond donors (Lipinski definition) is 1. The van der Waals surface area contributed by atoms with E-state index in [1.54, 1.807) is 37.5 Å². The lowest BCUT2D eigenvalue weighted by Crippen LogP contribution is -2.29. The third-order valence-electron chi connectivity index (χ3n) is 2.71. The van der Waals surface area contributed by atoms with Crippen molar-refractivity contribution < 1.29 is 9.53 Å². The Bertz CT molecular complexity index is 507. The molecule has 0 unspecified atom stereocenters. The molecule has 0 fully saturated rings. The predicted molar refractivity (Wildman–Crippen MR) is 82.5 cm³/mol. The standard InChI is InChI=1S/C15H19ClN2O2/c1-4-11(2)14(9-17-3)18-15(19)10-20-13-7-5-12(16)6-8-13/h5-9H,4,10H2,1-3H3,(H,18,19)/b14-11-,17-9?. The molecule has 1 aromatic rings. The maximum absolute atomic E-state index is 11.8. The molecule has 0 bridgehead atoms. The van der Waals surface area contributed by atoms with Crippen LogP contribution in [0.2, 0.25) is 5.02 Å². The summed E-state index contributed by atoms with van der Waals surface area (Å²) >= 11 is 5.77. The van der Waals surface area contributed by atoms with Crippen molar-refractivity contribution in [2.45, 2.75) is 20.3 Å². The number of carbonyl (C=O) groups excluding carboxylic acids is 1. The van der Waals surface area contributed by atoms with Gasteiger partial charge in [0.25, 0.3) is 5.91 Å². The van der Waals surface area contributed by atoms with E-state index in [0.29, 0.717) is 10.8 Å². The quantitative estimate of drug-likeness (QED) is 0.819. The van der Waals surface area contributed by atoms with Crippen LogP contribution in [-0.4, -0.2) is 25.8 Å². The minimum Gasteiger partial charge on any atom is -0.484 e. The van der Waals surface area contributed by atoms with E-state index in [2.05, 4.69) is 10.3 Å². The van der Waals surface area contributed by atoms with Crippen LogP contribution in [0.3, 0.4) is 0 Å². The number of halogens is 1. The van der Waals surface area contributed by atoms with Gasteiger partial charge in [0.2, 0.25) is 0 Å². The number of allylic oxidation sites excluding steroid dienone is 2. The Balaban J connectivity index is 2.56. The molecule has 108 valence electrons. The lowest BCUT2D eigenvalue weighted by Gasteiger charge is -2.10. The van der Waals surface area contributed by atoms with Gasteiger partial charge < -0.3 is 10.1 Å². The van der Waals surface area contributed by atoms with Gasteiger partial charge in [-0.3, -0.25) is 9.79 Å². The first kappa shape index (κ1) is 16.2. The first-order valence-corrected chi connectivity index (χ1v) is 6.74. The van der Waals surface area contributed by atoms with E-state index in [1.165, 1.54) is 0 Å². The van der Waals surface area contributed by atoms with Crippen LogP contribution in [0.1, 0.15) is 20.3 Å². The van der Waals surface area contributed by atoms with Crippen LogP contribution in [0, 0.1) is 0 Å². The first-order chi connectivity index (χ1) is 9.56. The van der Waals surface area contributed by atoms with Crippen LogP contribution in [0.15, 0.2) is 40.5 Å². The zero-order valence-corrected chi connectivity index (χ0v) is 12.7. The number of nitrogens with one attached hydrogen (secondary N) is 1. The minimum absolute atomic E-state index is 0.0559. The Kier molecular flexibility index (Phi) is 6.81. The molecule has 0 spiro atoms. The van der Waals surface area contributed by atoms with E-state index < -0.39 is 0 Å². The molecule has 0 heterocycles. The van der Waals surface area contributed by atoms with Crippen molar-refractivity contribution in [3.8, 4) is 5.75 Å². The van der Waals surface area contributed by atoms with Gasteiger partial charge in [0.05, 0.1) is 5.70 Å². The zero-order chi connectivity index (χ0) is 15.0. The SMILES string of the molecule is CC/C(C)=C(/C=NC)NC(=O)COc1ccc(Cl)cc1. The normalized spacial score (nSPS) is 12.2. The van der Waals surface area contributed by atoms with Gasteiger partial charge >= 0.3 is 0 Å². The fraction of sp³-hybridized carbons (Fsp3) is 0.333. The van der Waals surface area contributed by atoms with Crippen LogP contribution in [0.4, 0.5) is 0 Å². The van der Waals surface area contributed by atoms with E-state index in [0.717, 1.165) is 17.7 Å². The molecule has 0 saturated heterocycles. The molecule has 5 heteroatoms. The van der Waals surface area contributed by atoms with Gasteiger partial charge in [-0.15, -0.1) is 0 Å². The van der Waals surface area contributed by atoms with Gasteiger partial charge in [-0.05, 0) is 43.2 Å². The van der Waals surface area contributed by atoms with E-state index in [9.17, 15) is 4.79 Å². The summed E-state index contributed by atoms with van der Waals surface area (Å²) < 4.78 is 5.38. The Hall–Kier alpha value is -1.81. The highest BCUT2D eigenvalue weighted by atomic mass is 35.5. The summed E-state index contributed by atoms with van der Waals surface area (Å²) in [7, 11) is 1.67. The van der Waals surface area contributed by atoms with Gasteiger partial charge in [-0.25, -0.2) is 0 Å². The third kappa shape index (κ3) is 5.45. The Morgan fingerprint density at radius 3 is 2.60 bits per heavy atom. The van der Waals surface area contributed by atoms with Gasteiger partial charge in [-0.2, -0.15) is 0 Å².